The second-order valence-corrected chi connectivity index (χ2v) is 4.95. The van der Waals surface area contributed by atoms with E-state index in [4.69, 9.17) is 0 Å². The summed E-state index contributed by atoms with van der Waals surface area (Å²) in [6, 6.07) is 2.50. The van der Waals surface area contributed by atoms with Gasteiger partial charge in [-0.3, -0.25) is 4.79 Å². The fourth-order valence-electron chi connectivity index (χ4n) is 2.50. The molecule has 0 bridgehead atoms. The first kappa shape index (κ1) is 13.0. The second-order valence-electron chi connectivity index (χ2n) is 4.95. The Morgan fingerprint density at radius 3 is 2.50 bits per heavy atom. The van der Waals surface area contributed by atoms with Gasteiger partial charge < -0.3 is 4.90 Å². The third-order valence-electron chi connectivity index (χ3n) is 3.77. The number of carbonyl (C=O) groups excluding carboxylic acids is 1. The molecule has 16 heavy (non-hydrogen) atoms. The van der Waals surface area contributed by atoms with E-state index < -0.39 is 5.41 Å². The highest BCUT2D eigenvalue weighted by Crippen LogP contribution is 2.39. The fourth-order valence-corrected chi connectivity index (χ4v) is 2.50. The number of nitrogens with zero attached hydrogens (tertiary/aromatic N) is 2. The van der Waals surface area contributed by atoms with Gasteiger partial charge >= 0.3 is 0 Å². The summed E-state index contributed by atoms with van der Waals surface area (Å²) in [5.74, 6) is 0.0356. The smallest absolute Gasteiger partial charge is 0.243 e. The Bertz CT molecular complexity index is 287. The van der Waals surface area contributed by atoms with Crippen LogP contribution in [0.3, 0.4) is 0 Å². The molecule has 3 heteroatoms. The Hall–Kier alpha value is -1.04. The van der Waals surface area contributed by atoms with Crippen molar-refractivity contribution >= 4 is 5.91 Å². The molecule has 0 aromatic carbocycles. The molecule has 1 saturated carbocycles. The zero-order valence-electron chi connectivity index (χ0n) is 10.6. The van der Waals surface area contributed by atoms with E-state index in [1.807, 2.05) is 7.05 Å². The third kappa shape index (κ3) is 2.37. The van der Waals surface area contributed by atoms with Crippen LogP contribution in [-0.4, -0.2) is 23.9 Å². The minimum atomic E-state index is -0.712. The van der Waals surface area contributed by atoms with Gasteiger partial charge in [-0.25, -0.2) is 0 Å². The van der Waals surface area contributed by atoms with Crippen LogP contribution in [0.4, 0.5) is 0 Å². The monoisotopic (exact) mass is 222 g/mol. The molecule has 0 aliphatic heterocycles. The van der Waals surface area contributed by atoms with E-state index in [0.717, 1.165) is 38.5 Å². The number of rotatable bonds is 4. The van der Waals surface area contributed by atoms with Crippen molar-refractivity contribution in [3.8, 4) is 6.07 Å². The summed E-state index contributed by atoms with van der Waals surface area (Å²) in [7, 11) is 1.83. The topological polar surface area (TPSA) is 44.1 Å². The molecule has 90 valence electrons. The molecular formula is C13H22N2O. The maximum atomic E-state index is 12.3. The molecule has 1 aliphatic rings. The van der Waals surface area contributed by atoms with Crippen LogP contribution in [0.5, 0.6) is 0 Å². The molecule has 0 saturated heterocycles. The highest BCUT2D eigenvalue weighted by atomic mass is 16.2. The second kappa shape index (κ2) is 5.34. The number of hydrogen-bond acceptors (Lipinski definition) is 2. The molecule has 1 fully saturated rings. The van der Waals surface area contributed by atoms with Gasteiger partial charge in [0.2, 0.25) is 5.91 Å². The molecule has 0 aromatic heterocycles. The standard InChI is InChI=1S/C13H22N2O/c1-4-7-11(2)15(3)12(16)13(10-14)8-5-6-9-13/h11H,4-9H2,1-3H3. The van der Waals surface area contributed by atoms with Crippen LogP contribution in [0.2, 0.25) is 0 Å². The normalized spacial score (nSPS) is 20.1. The lowest BCUT2D eigenvalue weighted by Crippen LogP contribution is -2.44. The van der Waals surface area contributed by atoms with Crippen molar-refractivity contribution in [2.75, 3.05) is 7.05 Å². The molecule has 0 spiro atoms. The van der Waals surface area contributed by atoms with E-state index in [0.29, 0.717) is 0 Å². The lowest BCUT2D eigenvalue weighted by molar-refractivity contribution is -0.139. The quantitative estimate of drug-likeness (QED) is 0.734. The van der Waals surface area contributed by atoms with Gasteiger partial charge in [0.15, 0.2) is 0 Å². The third-order valence-corrected chi connectivity index (χ3v) is 3.77. The molecule has 0 radical (unpaired) electrons. The molecule has 1 atom stereocenters. The molecule has 3 nitrogen and oxygen atoms in total. The van der Waals surface area contributed by atoms with Gasteiger partial charge in [0, 0.05) is 13.1 Å². The maximum absolute atomic E-state index is 12.3. The van der Waals surface area contributed by atoms with Gasteiger partial charge in [-0.05, 0) is 26.2 Å². The average molecular weight is 222 g/mol. The van der Waals surface area contributed by atoms with Crippen LogP contribution >= 0.6 is 0 Å². The van der Waals surface area contributed by atoms with Crippen molar-refractivity contribution in [1.29, 1.82) is 5.26 Å². The first-order chi connectivity index (χ1) is 7.57. The van der Waals surface area contributed by atoms with E-state index in [1.165, 1.54) is 0 Å². The summed E-state index contributed by atoms with van der Waals surface area (Å²) in [4.78, 5) is 14.1. The first-order valence-electron chi connectivity index (χ1n) is 6.26. The van der Waals surface area contributed by atoms with Crippen LogP contribution < -0.4 is 0 Å². The highest BCUT2D eigenvalue weighted by Gasteiger charge is 2.43. The lowest BCUT2D eigenvalue weighted by atomic mass is 9.86. The molecule has 1 aliphatic carbocycles. The van der Waals surface area contributed by atoms with E-state index in [-0.39, 0.29) is 11.9 Å². The lowest BCUT2D eigenvalue weighted by Gasteiger charge is -2.31. The predicted octanol–water partition coefficient (Wildman–Crippen LogP) is 2.72. The van der Waals surface area contributed by atoms with E-state index in [2.05, 4.69) is 19.9 Å². The molecule has 0 aromatic rings. The predicted molar refractivity (Wildman–Crippen MR) is 63.7 cm³/mol. The number of carbonyl (C=O) groups is 1. The van der Waals surface area contributed by atoms with Crippen LogP contribution in [0, 0.1) is 16.7 Å². The van der Waals surface area contributed by atoms with E-state index in [1.54, 1.807) is 4.90 Å². The zero-order valence-corrected chi connectivity index (χ0v) is 10.6. The Kier molecular flexibility index (Phi) is 4.35. The summed E-state index contributed by atoms with van der Waals surface area (Å²) in [5.41, 5.74) is -0.712. The maximum Gasteiger partial charge on any atom is 0.243 e. The molecule has 0 heterocycles. The Balaban J connectivity index is 2.72. The van der Waals surface area contributed by atoms with Crippen molar-refractivity contribution in [1.82, 2.24) is 4.90 Å². The van der Waals surface area contributed by atoms with Crippen molar-refractivity contribution in [3.05, 3.63) is 0 Å². The minimum absolute atomic E-state index is 0.0356. The van der Waals surface area contributed by atoms with Crippen molar-refractivity contribution in [2.45, 2.75) is 58.4 Å². The van der Waals surface area contributed by atoms with Gasteiger partial charge in [-0.15, -0.1) is 0 Å². The van der Waals surface area contributed by atoms with Crippen molar-refractivity contribution in [2.24, 2.45) is 5.41 Å². The van der Waals surface area contributed by atoms with Crippen LogP contribution in [0.25, 0.3) is 0 Å². The SMILES string of the molecule is CCCC(C)N(C)C(=O)C1(C#N)CCCC1. The Morgan fingerprint density at radius 2 is 2.06 bits per heavy atom. The van der Waals surface area contributed by atoms with E-state index >= 15 is 0 Å². The Labute approximate surface area is 98.4 Å². The summed E-state index contributed by atoms with van der Waals surface area (Å²) in [5, 5.41) is 9.25. The molecule has 1 unspecified atom stereocenters. The summed E-state index contributed by atoms with van der Waals surface area (Å²) in [6.07, 6.45) is 5.57. The van der Waals surface area contributed by atoms with Crippen molar-refractivity contribution < 1.29 is 4.79 Å². The summed E-state index contributed by atoms with van der Waals surface area (Å²) < 4.78 is 0. The molecule has 0 N–H and O–H groups in total. The van der Waals surface area contributed by atoms with Gasteiger partial charge in [0.1, 0.15) is 5.41 Å². The average Bonchev–Trinajstić information content (AvgIpc) is 2.77. The first-order valence-corrected chi connectivity index (χ1v) is 6.26. The van der Waals surface area contributed by atoms with Gasteiger partial charge in [0.05, 0.1) is 6.07 Å². The van der Waals surface area contributed by atoms with Crippen LogP contribution in [0.1, 0.15) is 52.4 Å². The molecule has 1 rings (SSSR count). The number of amides is 1. The van der Waals surface area contributed by atoms with Crippen LogP contribution in [-0.2, 0) is 4.79 Å². The summed E-state index contributed by atoms with van der Waals surface area (Å²) >= 11 is 0. The number of nitriles is 1. The van der Waals surface area contributed by atoms with Crippen LogP contribution in [0.15, 0.2) is 0 Å². The van der Waals surface area contributed by atoms with Gasteiger partial charge in [0.25, 0.3) is 0 Å². The Morgan fingerprint density at radius 1 is 1.50 bits per heavy atom. The minimum Gasteiger partial charge on any atom is -0.342 e. The van der Waals surface area contributed by atoms with E-state index in [9.17, 15) is 10.1 Å². The zero-order chi connectivity index (χ0) is 12.2. The van der Waals surface area contributed by atoms with Gasteiger partial charge in [-0.1, -0.05) is 26.2 Å². The fraction of sp³-hybridized carbons (Fsp3) is 0.846. The van der Waals surface area contributed by atoms with Gasteiger partial charge in [-0.2, -0.15) is 5.26 Å². The molecular weight excluding hydrogens is 200 g/mol. The van der Waals surface area contributed by atoms with Crippen molar-refractivity contribution in [3.63, 3.8) is 0 Å². The largest absolute Gasteiger partial charge is 0.342 e. The number of hydrogen-bond donors (Lipinski definition) is 0. The highest BCUT2D eigenvalue weighted by molar-refractivity contribution is 5.85. The summed E-state index contributed by atoms with van der Waals surface area (Å²) in [6.45, 7) is 4.17. The molecule has 1 amide bonds.